The lowest BCUT2D eigenvalue weighted by Gasteiger charge is -2.32. The Hall–Kier alpha value is -4.20. The molecule has 1 unspecified atom stereocenters. The smallest absolute Gasteiger partial charge is 0.282 e. The Balaban J connectivity index is 1.31. The van der Waals surface area contributed by atoms with Gasteiger partial charge in [-0.3, -0.25) is 19.5 Å². The number of ether oxygens (including phenoxy) is 1. The number of amides is 1. The van der Waals surface area contributed by atoms with Gasteiger partial charge in [0, 0.05) is 30.0 Å². The number of rotatable bonds is 4. The van der Waals surface area contributed by atoms with E-state index in [0.29, 0.717) is 32.6 Å². The van der Waals surface area contributed by atoms with Crippen molar-refractivity contribution in [3.8, 4) is 5.69 Å². The summed E-state index contributed by atoms with van der Waals surface area (Å²) in [6.07, 6.45) is 2.27. The molecule has 0 spiro atoms. The van der Waals surface area contributed by atoms with Gasteiger partial charge in [-0.25, -0.2) is 4.68 Å². The first-order chi connectivity index (χ1) is 17.0. The lowest BCUT2D eigenvalue weighted by molar-refractivity contribution is -0.143. The summed E-state index contributed by atoms with van der Waals surface area (Å²) in [5.41, 5.74) is 6.55. The topological polar surface area (TPSA) is 165 Å². The molecule has 13 heteroatoms. The number of pyridine rings is 1. The molecule has 4 N–H and O–H groups in total. The van der Waals surface area contributed by atoms with E-state index in [1.54, 1.807) is 53.6 Å². The molecule has 1 fully saturated rings. The number of hydrogen-bond donors (Lipinski definition) is 3. The van der Waals surface area contributed by atoms with Crippen LogP contribution in [0.15, 0.2) is 53.7 Å². The molecule has 5 heterocycles. The molecule has 0 bridgehead atoms. The second-order valence-electron chi connectivity index (χ2n) is 7.91. The Morgan fingerprint density at radius 1 is 1.20 bits per heavy atom. The highest BCUT2D eigenvalue weighted by Gasteiger charge is 2.38. The van der Waals surface area contributed by atoms with Crippen LogP contribution in [0.1, 0.15) is 11.9 Å². The minimum atomic E-state index is -1.49. The molecule has 6 rings (SSSR count). The summed E-state index contributed by atoms with van der Waals surface area (Å²) < 4.78 is 11.9. The quantitative estimate of drug-likeness (QED) is 0.335. The Morgan fingerprint density at radius 3 is 2.86 bits per heavy atom. The van der Waals surface area contributed by atoms with Crippen molar-refractivity contribution in [1.29, 1.82) is 0 Å². The summed E-state index contributed by atoms with van der Waals surface area (Å²) >= 11 is 1.10. The second kappa shape index (κ2) is 8.23. The fourth-order valence-electron chi connectivity index (χ4n) is 4.11. The number of nitrogens with zero attached hydrogens (tertiary/aromatic N) is 6. The molecule has 2 atom stereocenters. The normalized spacial score (nSPS) is 17.3. The number of nitrogens with two attached hydrogens (primary N) is 1. The maximum absolute atomic E-state index is 13.3. The van der Waals surface area contributed by atoms with Gasteiger partial charge in [0.1, 0.15) is 17.7 Å². The van der Waals surface area contributed by atoms with Crippen LogP contribution in [0.25, 0.3) is 26.7 Å². The number of H-pyrrole nitrogens is 1. The highest BCUT2D eigenvalue weighted by Crippen LogP contribution is 2.30. The third kappa shape index (κ3) is 3.53. The van der Waals surface area contributed by atoms with Crippen LogP contribution in [0.2, 0.25) is 0 Å². The average molecular weight is 491 g/mol. The summed E-state index contributed by atoms with van der Waals surface area (Å²) in [5, 5.41) is 16.5. The molecule has 1 aliphatic heterocycles. The minimum Gasteiger partial charge on any atom is -0.382 e. The van der Waals surface area contributed by atoms with Gasteiger partial charge in [-0.1, -0.05) is 0 Å². The van der Waals surface area contributed by atoms with E-state index in [0.717, 1.165) is 17.2 Å². The van der Waals surface area contributed by atoms with E-state index >= 15 is 0 Å². The first-order valence-electron chi connectivity index (χ1n) is 10.7. The summed E-state index contributed by atoms with van der Waals surface area (Å²) in [4.78, 5) is 38.5. The third-order valence-electron chi connectivity index (χ3n) is 5.83. The summed E-state index contributed by atoms with van der Waals surface area (Å²) in [7, 11) is 0. The van der Waals surface area contributed by atoms with Crippen LogP contribution >= 0.6 is 11.5 Å². The fourth-order valence-corrected chi connectivity index (χ4v) is 4.96. The predicted molar refractivity (Wildman–Crippen MR) is 128 cm³/mol. The fraction of sp³-hybridized carbons (Fsp3) is 0.182. The molecule has 1 aromatic carbocycles. The predicted octanol–water partition coefficient (Wildman–Crippen LogP) is 1.16. The number of carbonyl (C=O) groups is 1. The molecule has 0 radical (unpaired) electrons. The van der Waals surface area contributed by atoms with E-state index in [4.69, 9.17) is 10.5 Å². The van der Waals surface area contributed by atoms with Gasteiger partial charge in [0.2, 0.25) is 0 Å². The molecule has 4 aromatic heterocycles. The van der Waals surface area contributed by atoms with Crippen molar-refractivity contribution in [3.05, 3.63) is 65.1 Å². The number of aromatic amines is 1. The zero-order valence-corrected chi connectivity index (χ0v) is 18.8. The number of aliphatic hydroxyl groups is 1. The van der Waals surface area contributed by atoms with E-state index in [1.165, 1.54) is 4.90 Å². The van der Waals surface area contributed by atoms with Crippen molar-refractivity contribution in [2.45, 2.75) is 12.2 Å². The molecule has 0 aliphatic carbocycles. The van der Waals surface area contributed by atoms with Gasteiger partial charge in [0.05, 0.1) is 34.4 Å². The Morgan fingerprint density at radius 2 is 2.03 bits per heavy atom. The van der Waals surface area contributed by atoms with Crippen molar-refractivity contribution in [1.82, 2.24) is 29.1 Å². The molecule has 1 saturated heterocycles. The van der Waals surface area contributed by atoms with E-state index in [9.17, 15) is 14.7 Å². The Kier molecular flexibility index (Phi) is 5.02. The van der Waals surface area contributed by atoms with Gasteiger partial charge >= 0.3 is 0 Å². The maximum atomic E-state index is 13.3. The lowest BCUT2D eigenvalue weighted by Crippen LogP contribution is -2.50. The molecule has 176 valence electrons. The van der Waals surface area contributed by atoms with E-state index in [1.807, 2.05) is 0 Å². The monoisotopic (exact) mass is 490 g/mol. The van der Waals surface area contributed by atoms with Gasteiger partial charge in [-0.05, 0) is 35.8 Å². The standard InChI is InChI=1S/C22H18N8O4S/c23-19-12-1-2-13-15(18(12)35-28-19)21(32)26-20(25-13)16(31)17-22(33)29(9-10-34-17)14-5-8-30(27-14)11-3-6-24-7-4-11/h1-8,16-17,31H,9-10H2,(H2,23,28)(H,25,26,32)/t16-,17?/m1/s1. The van der Waals surface area contributed by atoms with E-state index < -0.39 is 23.7 Å². The van der Waals surface area contributed by atoms with Crippen molar-refractivity contribution in [2.24, 2.45) is 0 Å². The molecule has 35 heavy (non-hydrogen) atoms. The number of aromatic nitrogens is 6. The zero-order valence-electron chi connectivity index (χ0n) is 18.0. The van der Waals surface area contributed by atoms with E-state index in [2.05, 4.69) is 24.4 Å². The zero-order chi connectivity index (χ0) is 24.1. The van der Waals surface area contributed by atoms with Crippen molar-refractivity contribution in [2.75, 3.05) is 23.8 Å². The largest absolute Gasteiger partial charge is 0.382 e. The lowest BCUT2D eigenvalue weighted by atomic mass is 10.1. The summed E-state index contributed by atoms with van der Waals surface area (Å²) in [5.74, 6) is 0.194. The molecule has 1 amide bonds. The Bertz CT molecular complexity index is 1630. The highest BCUT2D eigenvalue weighted by molar-refractivity contribution is 7.14. The van der Waals surface area contributed by atoms with E-state index in [-0.39, 0.29) is 19.0 Å². The molecule has 0 saturated carbocycles. The molecular weight excluding hydrogens is 472 g/mol. The number of nitrogen functional groups attached to an aromatic ring is 1. The SMILES string of the molecule is Nc1nsc2c1ccc1[nH]c([C@H](O)C3OCCN(c4ccn(-c5ccncc5)n4)C3=O)nc(=O)c12. The van der Waals surface area contributed by atoms with Crippen LogP contribution < -0.4 is 16.2 Å². The number of hydrogen-bond acceptors (Lipinski definition) is 10. The number of anilines is 2. The first-order valence-corrected chi connectivity index (χ1v) is 11.4. The number of morpholine rings is 1. The summed E-state index contributed by atoms with van der Waals surface area (Å²) in [6, 6.07) is 8.70. The van der Waals surface area contributed by atoms with Crippen LogP contribution in [-0.2, 0) is 9.53 Å². The molecule has 12 nitrogen and oxygen atoms in total. The molecule has 5 aromatic rings. The van der Waals surface area contributed by atoms with Crippen molar-refractivity contribution >= 4 is 50.1 Å². The minimum absolute atomic E-state index is 0.0677. The van der Waals surface area contributed by atoms with Crippen LogP contribution in [-0.4, -0.2) is 59.4 Å². The average Bonchev–Trinajstić information content (AvgIpc) is 3.51. The van der Waals surface area contributed by atoms with Gasteiger partial charge < -0.3 is 20.6 Å². The van der Waals surface area contributed by atoms with Crippen LogP contribution in [0, 0.1) is 0 Å². The van der Waals surface area contributed by atoms with Gasteiger partial charge in [-0.2, -0.15) is 9.36 Å². The van der Waals surface area contributed by atoms with Crippen LogP contribution in [0.5, 0.6) is 0 Å². The van der Waals surface area contributed by atoms with Crippen molar-refractivity contribution in [3.63, 3.8) is 0 Å². The summed E-state index contributed by atoms with van der Waals surface area (Å²) in [6.45, 7) is 0.440. The molecular formula is C22H18N8O4S. The van der Waals surface area contributed by atoms with Crippen molar-refractivity contribution < 1.29 is 14.6 Å². The van der Waals surface area contributed by atoms with Crippen LogP contribution in [0.4, 0.5) is 11.6 Å². The van der Waals surface area contributed by atoms with Gasteiger partial charge in [0.15, 0.2) is 11.9 Å². The maximum Gasteiger partial charge on any atom is 0.282 e. The number of nitrogens with one attached hydrogen (secondary N) is 1. The Labute approximate surface area is 200 Å². The molecule has 1 aliphatic rings. The first kappa shape index (κ1) is 21.3. The van der Waals surface area contributed by atoms with Gasteiger partial charge in [0.25, 0.3) is 11.5 Å². The highest BCUT2D eigenvalue weighted by atomic mass is 32.1. The number of benzene rings is 1. The van der Waals surface area contributed by atoms with Gasteiger partial charge in [-0.15, -0.1) is 5.10 Å². The third-order valence-corrected chi connectivity index (χ3v) is 6.73. The number of fused-ring (bicyclic) bond motifs is 3. The van der Waals surface area contributed by atoms with Crippen LogP contribution in [0.3, 0.4) is 0 Å². The number of carbonyl (C=O) groups excluding carboxylic acids is 1. The second-order valence-corrected chi connectivity index (χ2v) is 8.68. The number of aliphatic hydroxyl groups excluding tert-OH is 1.